The molecule has 0 amide bonds. The molecule has 4 aliphatic rings. The maximum Gasteiger partial charge on any atom is 0.268 e. The van der Waals surface area contributed by atoms with Gasteiger partial charge in [-0.05, 0) is 77.9 Å². The van der Waals surface area contributed by atoms with Crippen molar-refractivity contribution in [3.05, 3.63) is 19.7 Å². The summed E-state index contributed by atoms with van der Waals surface area (Å²) < 4.78 is 0.290. The number of nitrogens with one attached hydrogen (secondary N) is 1. The van der Waals surface area contributed by atoms with Crippen LogP contribution in [0.4, 0.5) is 0 Å². The first kappa shape index (κ1) is 14.0. The molecule has 5 heteroatoms. The van der Waals surface area contributed by atoms with Crippen LogP contribution in [0.2, 0.25) is 0 Å². The van der Waals surface area contributed by atoms with Crippen molar-refractivity contribution in [3.63, 3.8) is 0 Å². The van der Waals surface area contributed by atoms with E-state index in [4.69, 9.17) is 0 Å². The maximum atomic E-state index is 12.1. The predicted octanol–water partition coefficient (Wildman–Crippen LogP) is 3.33. The summed E-state index contributed by atoms with van der Waals surface area (Å²) in [7, 11) is 0. The van der Waals surface area contributed by atoms with Crippen molar-refractivity contribution in [2.24, 2.45) is 16.7 Å². The van der Waals surface area contributed by atoms with Crippen LogP contribution in [0.5, 0.6) is 5.88 Å². The molecular formula is C16H21IN2O2. The van der Waals surface area contributed by atoms with Gasteiger partial charge in [-0.1, -0.05) is 13.8 Å². The molecule has 4 bridgehead atoms. The second-order valence-electron chi connectivity index (χ2n) is 8.46. The minimum absolute atomic E-state index is 0.0378. The lowest BCUT2D eigenvalue weighted by atomic mass is 9.40. The van der Waals surface area contributed by atoms with Crippen molar-refractivity contribution in [2.75, 3.05) is 0 Å². The van der Waals surface area contributed by atoms with Crippen LogP contribution in [-0.2, 0) is 5.41 Å². The number of halogens is 1. The smallest absolute Gasteiger partial charge is 0.268 e. The van der Waals surface area contributed by atoms with Gasteiger partial charge in [0.1, 0.15) is 9.39 Å². The van der Waals surface area contributed by atoms with Gasteiger partial charge in [0.25, 0.3) is 5.56 Å². The summed E-state index contributed by atoms with van der Waals surface area (Å²) >= 11 is 1.85. The van der Waals surface area contributed by atoms with E-state index >= 15 is 0 Å². The topological polar surface area (TPSA) is 66.0 Å². The normalized spacial score (nSPS) is 44.2. The molecule has 1 aromatic rings. The zero-order chi connectivity index (χ0) is 15.0. The van der Waals surface area contributed by atoms with Gasteiger partial charge in [-0.3, -0.25) is 4.79 Å². The molecule has 0 aliphatic heterocycles. The lowest BCUT2D eigenvalue weighted by Gasteiger charge is -2.64. The highest BCUT2D eigenvalue weighted by Crippen LogP contribution is 2.69. The van der Waals surface area contributed by atoms with Gasteiger partial charge < -0.3 is 10.1 Å². The third-order valence-corrected chi connectivity index (χ3v) is 6.95. The van der Waals surface area contributed by atoms with E-state index in [2.05, 4.69) is 23.8 Å². The Morgan fingerprint density at radius 2 is 1.81 bits per heavy atom. The van der Waals surface area contributed by atoms with E-state index in [1.807, 2.05) is 22.6 Å². The monoisotopic (exact) mass is 400 g/mol. The highest BCUT2D eigenvalue weighted by Gasteiger charge is 2.61. The molecule has 5 rings (SSSR count). The van der Waals surface area contributed by atoms with Gasteiger partial charge in [0, 0.05) is 5.41 Å². The fraction of sp³-hybridized carbons (Fsp3) is 0.750. The number of nitrogens with zero attached hydrogens (tertiary/aromatic N) is 1. The largest absolute Gasteiger partial charge is 0.492 e. The predicted molar refractivity (Wildman–Crippen MR) is 88.3 cm³/mol. The van der Waals surface area contributed by atoms with Gasteiger partial charge in [-0.15, -0.1) is 0 Å². The zero-order valence-corrected chi connectivity index (χ0v) is 14.7. The molecule has 4 fully saturated rings. The number of hydrogen-bond donors (Lipinski definition) is 2. The Morgan fingerprint density at radius 3 is 2.33 bits per heavy atom. The summed E-state index contributed by atoms with van der Waals surface area (Å²) in [5.41, 5.74) is 0.491. The van der Waals surface area contributed by atoms with Crippen LogP contribution in [0, 0.1) is 20.3 Å². The van der Waals surface area contributed by atoms with Gasteiger partial charge in [0.15, 0.2) is 0 Å². The fourth-order valence-electron chi connectivity index (χ4n) is 6.41. The van der Waals surface area contributed by atoms with Gasteiger partial charge in [-0.25, -0.2) is 0 Å². The van der Waals surface area contributed by atoms with Crippen LogP contribution in [-0.4, -0.2) is 15.1 Å². The minimum Gasteiger partial charge on any atom is -0.492 e. The van der Waals surface area contributed by atoms with Crippen LogP contribution in [0.3, 0.4) is 0 Å². The summed E-state index contributed by atoms with van der Waals surface area (Å²) in [5.74, 6) is 1.36. The van der Waals surface area contributed by atoms with Gasteiger partial charge >= 0.3 is 0 Å². The third kappa shape index (κ3) is 1.99. The average molecular weight is 400 g/mol. The summed E-state index contributed by atoms with van der Waals surface area (Å²) in [4.78, 5) is 19.4. The number of aromatic amines is 1. The number of rotatable bonds is 1. The van der Waals surface area contributed by atoms with E-state index in [0.29, 0.717) is 14.4 Å². The quantitative estimate of drug-likeness (QED) is 0.711. The van der Waals surface area contributed by atoms with Crippen LogP contribution in [0.1, 0.15) is 58.2 Å². The molecule has 4 aliphatic carbocycles. The molecule has 2 atom stereocenters. The minimum atomic E-state index is -0.204. The summed E-state index contributed by atoms with van der Waals surface area (Å²) in [6.07, 6.45) is 7.21. The van der Waals surface area contributed by atoms with Crippen molar-refractivity contribution in [3.8, 4) is 5.88 Å². The highest BCUT2D eigenvalue weighted by atomic mass is 127. The molecule has 21 heavy (non-hydrogen) atoms. The molecule has 4 saturated carbocycles. The first-order valence-electron chi connectivity index (χ1n) is 7.72. The standard InChI is InChI=1S/C16H21IN2O2/c1-14-3-9-4-15(2,6-14)8-16(5-9,7-14)13-18-11(20)10(17)12(21)19-13/h9H,3-8H2,1-2H3,(H2,18,19,20,21). The van der Waals surface area contributed by atoms with Crippen molar-refractivity contribution in [1.29, 1.82) is 0 Å². The first-order valence-corrected chi connectivity index (χ1v) is 8.80. The molecule has 4 nitrogen and oxygen atoms in total. The fourth-order valence-corrected chi connectivity index (χ4v) is 6.67. The highest BCUT2D eigenvalue weighted by molar-refractivity contribution is 14.1. The SMILES string of the molecule is CC12CC3CC(C)(C1)CC(c1nc(O)c(I)c(=O)[nH]1)(C3)C2. The van der Waals surface area contributed by atoms with Crippen LogP contribution in [0.15, 0.2) is 4.79 Å². The molecule has 0 aromatic carbocycles. The molecule has 114 valence electrons. The van der Waals surface area contributed by atoms with E-state index in [1.165, 1.54) is 19.3 Å². The second-order valence-corrected chi connectivity index (χ2v) is 9.54. The van der Waals surface area contributed by atoms with E-state index in [0.717, 1.165) is 31.0 Å². The van der Waals surface area contributed by atoms with E-state index in [-0.39, 0.29) is 16.9 Å². The molecule has 0 spiro atoms. The van der Waals surface area contributed by atoms with Gasteiger partial charge in [0.05, 0.1) is 0 Å². The van der Waals surface area contributed by atoms with Crippen molar-refractivity contribution < 1.29 is 5.11 Å². The Morgan fingerprint density at radius 1 is 1.19 bits per heavy atom. The Bertz CT molecular complexity index is 665. The molecule has 1 heterocycles. The van der Waals surface area contributed by atoms with E-state index < -0.39 is 0 Å². The Kier molecular flexibility index (Phi) is 2.69. The number of hydrogen-bond acceptors (Lipinski definition) is 3. The Hall–Kier alpha value is -0.590. The second kappa shape index (κ2) is 4.03. The average Bonchev–Trinajstić information content (AvgIpc) is 2.30. The molecule has 0 radical (unpaired) electrons. The summed E-state index contributed by atoms with van der Waals surface area (Å²) in [5, 5.41) is 9.97. The lowest BCUT2D eigenvalue weighted by Crippen LogP contribution is -2.57. The number of aromatic hydroxyl groups is 1. The zero-order valence-electron chi connectivity index (χ0n) is 12.5. The summed E-state index contributed by atoms with van der Waals surface area (Å²) in [6, 6.07) is 0. The number of aromatic nitrogens is 2. The van der Waals surface area contributed by atoms with Gasteiger partial charge in [-0.2, -0.15) is 4.98 Å². The molecule has 2 N–H and O–H groups in total. The molecule has 1 aromatic heterocycles. The van der Waals surface area contributed by atoms with Crippen molar-refractivity contribution in [1.82, 2.24) is 9.97 Å². The summed E-state index contributed by atoms with van der Waals surface area (Å²) in [6.45, 7) is 4.80. The Labute approximate surface area is 137 Å². The van der Waals surface area contributed by atoms with E-state index in [9.17, 15) is 9.90 Å². The van der Waals surface area contributed by atoms with E-state index in [1.54, 1.807) is 0 Å². The molecular weight excluding hydrogens is 379 g/mol. The molecule has 2 unspecified atom stereocenters. The number of H-pyrrole nitrogens is 1. The van der Waals surface area contributed by atoms with Crippen molar-refractivity contribution >= 4 is 22.6 Å². The van der Waals surface area contributed by atoms with Crippen LogP contribution in [0.25, 0.3) is 0 Å². The third-order valence-electron chi connectivity index (χ3n) is 5.97. The lowest BCUT2D eigenvalue weighted by molar-refractivity contribution is -0.112. The van der Waals surface area contributed by atoms with Crippen LogP contribution >= 0.6 is 22.6 Å². The van der Waals surface area contributed by atoms with Crippen LogP contribution < -0.4 is 5.56 Å². The Balaban J connectivity index is 1.86. The van der Waals surface area contributed by atoms with Crippen molar-refractivity contribution in [2.45, 2.75) is 57.8 Å². The van der Waals surface area contributed by atoms with Gasteiger partial charge in [0.2, 0.25) is 5.88 Å². The molecule has 0 saturated heterocycles. The first-order chi connectivity index (χ1) is 9.73. The maximum absolute atomic E-state index is 12.1.